The summed E-state index contributed by atoms with van der Waals surface area (Å²) in [6.07, 6.45) is 1.18. The fourth-order valence-electron chi connectivity index (χ4n) is 3.94. The van der Waals surface area contributed by atoms with E-state index in [1.54, 1.807) is 19.2 Å². The third-order valence-corrected chi connectivity index (χ3v) is 5.82. The molecule has 10 heteroatoms. The first kappa shape index (κ1) is 24.4. The second-order valence-electron chi connectivity index (χ2n) is 8.39. The summed E-state index contributed by atoms with van der Waals surface area (Å²) < 4.78 is 16.6. The maximum atomic E-state index is 9.98. The van der Waals surface area contributed by atoms with Crippen LogP contribution in [0, 0.1) is 13.8 Å². The Morgan fingerprint density at radius 2 is 1.97 bits per heavy atom. The van der Waals surface area contributed by atoms with Crippen molar-refractivity contribution < 1.29 is 19.1 Å². The summed E-state index contributed by atoms with van der Waals surface area (Å²) in [6, 6.07) is 7.50. The van der Waals surface area contributed by atoms with Crippen molar-refractivity contribution in [1.82, 2.24) is 20.4 Å². The van der Waals surface area contributed by atoms with Crippen LogP contribution in [0.5, 0.6) is 5.75 Å². The van der Waals surface area contributed by atoms with Gasteiger partial charge in [0.25, 0.3) is 0 Å². The molecule has 1 fully saturated rings. The molecule has 34 heavy (non-hydrogen) atoms. The SMILES string of the molecule is CNCC(O)COc1cc(Cl)cc(-c2nc(NC3CCOCC3)cc(-c3c(C)noc3C)n2)c1. The van der Waals surface area contributed by atoms with Gasteiger partial charge in [-0.1, -0.05) is 16.8 Å². The Labute approximate surface area is 203 Å². The lowest BCUT2D eigenvalue weighted by molar-refractivity contribution is 0.0904. The molecule has 1 atom stereocenters. The van der Waals surface area contributed by atoms with Gasteiger partial charge in [-0.25, -0.2) is 9.97 Å². The van der Waals surface area contributed by atoms with Crippen molar-refractivity contribution >= 4 is 17.4 Å². The monoisotopic (exact) mass is 487 g/mol. The number of aryl methyl sites for hydroxylation is 2. The number of hydrogen-bond acceptors (Lipinski definition) is 9. The lowest BCUT2D eigenvalue weighted by Crippen LogP contribution is -2.29. The summed E-state index contributed by atoms with van der Waals surface area (Å²) in [6.45, 7) is 5.77. The Kier molecular flexibility index (Phi) is 7.99. The van der Waals surface area contributed by atoms with E-state index in [1.165, 1.54) is 0 Å². The van der Waals surface area contributed by atoms with E-state index in [9.17, 15) is 5.11 Å². The number of nitrogens with one attached hydrogen (secondary N) is 2. The smallest absolute Gasteiger partial charge is 0.162 e. The van der Waals surface area contributed by atoms with Crippen molar-refractivity contribution in [3.8, 4) is 28.4 Å². The van der Waals surface area contributed by atoms with Gasteiger partial charge in [-0.15, -0.1) is 0 Å². The number of halogens is 1. The second-order valence-corrected chi connectivity index (χ2v) is 8.83. The van der Waals surface area contributed by atoms with Crippen LogP contribution in [0.25, 0.3) is 22.6 Å². The van der Waals surface area contributed by atoms with E-state index in [1.807, 2.05) is 26.0 Å². The lowest BCUT2D eigenvalue weighted by atomic mass is 10.1. The molecule has 3 heterocycles. The molecule has 0 spiro atoms. The van der Waals surface area contributed by atoms with Crippen LogP contribution in [0.4, 0.5) is 5.82 Å². The molecule has 1 unspecified atom stereocenters. The Bertz CT molecular complexity index is 1100. The van der Waals surface area contributed by atoms with E-state index in [2.05, 4.69) is 15.8 Å². The normalized spacial score (nSPS) is 15.3. The van der Waals surface area contributed by atoms with Crippen LogP contribution in [-0.4, -0.2) is 65.8 Å². The van der Waals surface area contributed by atoms with E-state index < -0.39 is 6.10 Å². The van der Waals surface area contributed by atoms with E-state index in [0.29, 0.717) is 46.0 Å². The molecular formula is C24H30ClN5O4. The maximum absolute atomic E-state index is 9.98. The van der Waals surface area contributed by atoms with Crippen molar-refractivity contribution in [2.45, 2.75) is 38.8 Å². The largest absolute Gasteiger partial charge is 0.491 e. The molecule has 3 N–H and O–H groups in total. The molecule has 182 valence electrons. The Balaban J connectivity index is 1.70. The Morgan fingerprint density at radius 1 is 1.18 bits per heavy atom. The number of benzene rings is 1. The molecule has 9 nitrogen and oxygen atoms in total. The van der Waals surface area contributed by atoms with Gasteiger partial charge in [0.15, 0.2) is 5.82 Å². The minimum atomic E-state index is -0.637. The first-order valence-corrected chi connectivity index (χ1v) is 11.7. The topological polar surface area (TPSA) is 115 Å². The van der Waals surface area contributed by atoms with Gasteiger partial charge in [0.2, 0.25) is 0 Å². The van der Waals surface area contributed by atoms with Gasteiger partial charge in [-0.3, -0.25) is 0 Å². The molecule has 4 rings (SSSR count). The quantitative estimate of drug-likeness (QED) is 0.416. The van der Waals surface area contributed by atoms with Gasteiger partial charge in [-0.2, -0.15) is 0 Å². The molecule has 0 radical (unpaired) electrons. The molecule has 1 aromatic carbocycles. The molecule has 0 saturated carbocycles. The number of nitrogens with zero attached hydrogens (tertiary/aromatic N) is 3. The minimum absolute atomic E-state index is 0.136. The number of aromatic nitrogens is 3. The Morgan fingerprint density at radius 3 is 2.68 bits per heavy atom. The van der Waals surface area contributed by atoms with Crippen molar-refractivity contribution in [2.75, 3.05) is 38.7 Å². The van der Waals surface area contributed by atoms with Crippen LogP contribution in [0.1, 0.15) is 24.3 Å². The lowest BCUT2D eigenvalue weighted by Gasteiger charge is -2.24. The van der Waals surface area contributed by atoms with E-state index >= 15 is 0 Å². The van der Waals surface area contributed by atoms with Gasteiger partial charge in [0.05, 0.1) is 17.0 Å². The zero-order chi connectivity index (χ0) is 24.1. The van der Waals surface area contributed by atoms with E-state index in [4.69, 9.17) is 35.6 Å². The average molecular weight is 488 g/mol. The van der Waals surface area contributed by atoms with Gasteiger partial charge < -0.3 is 29.7 Å². The molecular weight excluding hydrogens is 458 g/mol. The van der Waals surface area contributed by atoms with Gasteiger partial charge in [0.1, 0.15) is 30.0 Å². The fraction of sp³-hybridized carbons (Fsp3) is 0.458. The van der Waals surface area contributed by atoms with Crippen LogP contribution in [0.15, 0.2) is 28.8 Å². The highest BCUT2D eigenvalue weighted by Gasteiger charge is 2.19. The molecule has 1 saturated heterocycles. The minimum Gasteiger partial charge on any atom is -0.491 e. The van der Waals surface area contributed by atoms with Crippen molar-refractivity contribution in [1.29, 1.82) is 0 Å². The van der Waals surface area contributed by atoms with Crippen LogP contribution < -0.4 is 15.4 Å². The Hall–Kier alpha value is -2.72. The molecule has 1 aliphatic rings. The summed E-state index contributed by atoms with van der Waals surface area (Å²) in [5.74, 6) is 2.42. The van der Waals surface area contributed by atoms with Crippen molar-refractivity contribution in [3.63, 3.8) is 0 Å². The number of rotatable bonds is 9. The highest BCUT2D eigenvalue weighted by molar-refractivity contribution is 6.31. The summed E-state index contributed by atoms with van der Waals surface area (Å²) >= 11 is 6.40. The van der Waals surface area contributed by atoms with Crippen LogP contribution >= 0.6 is 11.6 Å². The fourth-order valence-corrected chi connectivity index (χ4v) is 4.17. The molecule has 0 bridgehead atoms. The second kappa shape index (κ2) is 11.1. The van der Waals surface area contributed by atoms with Gasteiger partial charge >= 0.3 is 0 Å². The summed E-state index contributed by atoms with van der Waals surface area (Å²) in [7, 11) is 1.77. The summed E-state index contributed by atoms with van der Waals surface area (Å²) in [4.78, 5) is 9.60. The first-order valence-electron chi connectivity index (χ1n) is 11.4. The molecule has 0 aliphatic carbocycles. The molecule has 2 aromatic heterocycles. The molecule has 3 aromatic rings. The summed E-state index contributed by atoms with van der Waals surface area (Å²) in [5, 5.41) is 21.0. The van der Waals surface area contributed by atoms with Gasteiger partial charge in [0, 0.05) is 42.5 Å². The van der Waals surface area contributed by atoms with Crippen molar-refractivity contribution in [3.05, 3.63) is 40.7 Å². The molecule has 0 amide bonds. The maximum Gasteiger partial charge on any atom is 0.162 e. The standard InChI is InChI=1S/C24H30ClN5O4/c1-14-23(15(2)34-30-14)21-11-22(27-18-4-6-32-7-5-18)29-24(28-21)16-8-17(25)10-20(9-16)33-13-19(31)12-26-3/h8-11,18-19,26,31H,4-7,12-13H2,1-3H3,(H,27,28,29). The number of ether oxygens (including phenoxy) is 2. The van der Waals surface area contributed by atoms with E-state index in [-0.39, 0.29) is 12.6 Å². The zero-order valence-electron chi connectivity index (χ0n) is 19.6. The number of likely N-dealkylation sites (N-methyl/N-ethyl adjacent to an activating group) is 1. The summed E-state index contributed by atoms with van der Waals surface area (Å²) in [5.41, 5.74) is 3.01. The van der Waals surface area contributed by atoms with Crippen LogP contribution in [-0.2, 0) is 4.74 Å². The third-order valence-electron chi connectivity index (χ3n) is 5.60. The third kappa shape index (κ3) is 6.04. The molecule has 1 aliphatic heterocycles. The van der Waals surface area contributed by atoms with Gasteiger partial charge in [-0.05, 0) is 51.9 Å². The van der Waals surface area contributed by atoms with Crippen LogP contribution in [0.3, 0.4) is 0 Å². The zero-order valence-corrected chi connectivity index (χ0v) is 20.4. The predicted octanol–water partition coefficient (Wildman–Crippen LogP) is 3.62. The first-order chi connectivity index (χ1) is 16.4. The number of aliphatic hydroxyl groups is 1. The highest BCUT2D eigenvalue weighted by atomic mass is 35.5. The van der Waals surface area contributed by atoms with Crippen molar-refractivity contribution in [2.24, 2.45) is 0 Å². The number of anilines is 1. The van der Waals surface area contributed by atoms with Crippen LogP contribution in [0.2, 0.25) is 5.02 Å². The predicted molar refractivity (Wildman–Crippen MR) is 130 cm³/mol. The number of hydrogen-bond donors (Lipinski definition) is 3. The highest BCUT2D eigenvalue weighted by Crippen LogP contribution is 2.32. The van der Waals surface area contributed by atoms with E-state index in [0.717, 1.165) is 37.3 Å². The average Bonchev–Trinajstić information content (AvgIpc) is 3.16. The number of aliphatic hydroxyl groups excluding tert-OH is 1.